The van der Waals surface area contributed by atoms with Gasteiger partial charge in [0.05, 0.1) is 5.25 Å². The summed E-state index contributed by atoms with van der Waals surface area (Å²) in [6, 6.07) is 19.8. The Morgan fingerprint density at radius 3 is 1.94 bits per heavy atom. The Kier molecular flexibility index (Phi) is 8.11. The molecule has 2 aromatic carbocycles. The zero-order chi connectivity index (χ0) is 22.3. The van der Waals surface area contributed by atoms with Crippen LogP contribution in [0.1, 0.15) is 29.2 Å². The van der Waals surface area contributed by atoms with Crippen LogP contribution in [-0.2, 0) is 15.6 Å². The van der Waals surface area contributed by atoms with Gasteiger partial charge in [-0.1, -0.05) is 60.7 Å². The average molecular weight is 454 g/mol. The molecule has 0 spiro atoms. The van der Waals surface area contributed by atoms with Crippen molar-refractivity contribution < 1.29 is 9.00 Å². The average Bonchev–Trinajstić information content (AvgIpc) is 2.82. The Labute approximate surface area is 194 Å². The highest BCUT2D eigenvalue weighted by Gasteiger charge is 2.29. The van der Waals surface area contributed by atoms with Gasteiger partial charge in [-0.3, -0.25) is 9.00 Å². The van der Waals surface area contributed by atoms with Crippen LogP contribution in [-0.4, -0.2) is 83.4 Å². The molecule has 6 heteroatoms. The van der Waals surface area contributed by atoms with Gasteiger partial charge < -0.3 is 14.7 Å². The molecule has 1 atom stereocenters. The van der Waals surface area contributed by atoms with Gasteiger partial charge in [-0.15, -0.1) is 0 Å². The highest BCUT2D eigenvalue weighted by molar-refractivity contribution is 7.86. The predicted molar refractivity (Wildman–Crippen MR) is 131 cm³/mol. The fraction of sp³-hybridized carbons (Fsp3) is 0.500. The van der Waals surface area contributed by atoms with Gasteiger partial charge in [0.25, 0.3) is 0 Å². The van der Waals surface area contributed by atoms with Crippen molar-refractivity contribution in [3.05, 3.63) is 71.8 Å². The number of carbonyl (C=O) groups excluding carboxylic acids is 1. The normalized spacial score (nSPS) is 19.9. The van der Waals surface area contributed by atoms with Crippen molar-refractivity contribution in [3.63, 3.8) is 0 Å². The predicted octanol–water partition coefficient (Wildman–Crippen LogP) is 3.01. The molecule has 2 heterocycles. The second-order valence-corrected chi connectivity index (χ2v) is 10.7. The van der Waals surface area contributed by atoms with E-state index in [9.17, 15) is 9.00 Å². The Bertz CT molecular complexity index is 837. The molecule has 0 radical (unpaired) electrons. The second-order valence-electron chi connectivity index (χ2n) is 9.15. The van der Waals surface area contributed by atoms with E-state index in [-0.39, 0.29) is 16.9 Å². The second kappa shape index (κ2) is 11.2. The number of benzene rings is 2. The van der Waals surface area contributed by atoms with E-state index in [2.05, 4.69) is 16.8 Å². The molecular formula is C26H35N3O2S. The first-order valence-electron chi connectivity index (χ1n) is 11.8. The van der Waals surface area contributed by atoms with Crippen molar-refractivity contribution in [3.8, 4) is 0 Å². The van der Waals surface area contributed by atoms with E-state index in [4.69, 9.17) is 0 Å². The summed E-state index contributed by atoms with van der Waals surface area (Å²) in [5, 5.41) is -0.281. The molecule has 1 amide bonds. The van der Waals surface area contributed by atoms with Crippen LogP contribution in [0.15, 0.2) is 60.7 Å². The van der Waals surface area contributed by atoms with Crippen molar-refractivity contribution >= 4 is 16.7 Å². The molecule has 0 aliphatic carbocycles. The number of piperazine rings is 1. The van der Waals surface area contributed by atoms with Crippen LogP contribution < -0.4 is 0 Å². The minimum absolute atomic E-state index is 0.0262. The van der Waals surface area contributed by atoms with E-state index in [1.54, 1.807) is 0 Å². The summed E-state index contributed by atoms with van der Waals surface area (Å²) in [5.74, 6) is 0.769. The molecule has 1 unspecified atom stereocenters. The molecule has 0 saturated carbocycles. The molecule has 2 aromatic rings. The van der Waals surface area contributed by atoms with Crippen LogP contribution in [0.25, 0.3) is 0 Å². The molecule has 4 rings (SSSR count). The molecule has 0 N–H and O–H groups in total. The zero-order valence-electron chi connectivity index (χ0n) is 19.1. The van der Waals surface area contributed by atoms with Gasteiger partial charge >= 0.3 is 0 Å². The summed E-state index contributed by atoms with van der Waals surface area (Å²) >= 11 is 0. The van der Waals surface area contributed by atoms with Crippen molar-refractivity contribution in [2.75, 3.05) is 58.6 Å². The first-order valence-corrected chi connectivity index (χ1v) is 13.1. The van der Waals surface area contributed by atoms with Crippen LogP contribution in [0.5, 0.6) is 0 Å². The number of nitrogens with zero attached hydrogens (tertiary/aromatic N) is 3. The van der Waals surface area contributed by atoms with Gasteiger partial charge in [0, 0.05) is 56.6 Å². The number of likely N-dealkylation sites (tertiary alicyclic amines) is 1. The largest absolute Gasteiger partial charge is 0.342 e. The summed E-state index contributed by atoms with van der Waals surface area (Å²) in [5.41, 5.74) is 1.99. The topological polar surface area (TPSA) is 43.9 Å². The maximum absolute atomic E-state index is 13.4. The van der Waals surface area contributed by atoms with Gasteiger partial charge in [0.2, 0.25) is 5.91 Å². The number of piperidine rings is 1. The fourth-order valence-electron chi connectivity index (χ4n) is 4.81. The third-order valence-electron chi connectivity index (χ3n) is 6.81. The molecule has 2 saturated heterocycles. The Morgan fingerprint density at radius 1 is 0.875 bits per heavy atom. The molecule has 2 aliphatic rings. The number of hydrogen-bond donors (Lipinski definition) is 0. The molecule has 5 nitrogen and oxygen atoms in total. The molecule has 32 heavy (non-hydrogen) atoms. The maximum Gasteiger partial charge on any atom is 0.235 e. The quantitative estimate of drug-likeness (QED) is 0.647. The SMILES string of the molecule is CN1CCN(CC2CCN(C(=O)CS(=O)C(c3ccccc3)c3ccccc3)CC2)CC1. The first kappa shape index (κ1) is 23.1. The number of rotatable bonds is 7. The van der Waals surface area contributed by atoms with Crippen molar-refractivity contribution in [1.82, 2.24) is 14.7 Å². The maximum atomic E-state index is 13.4. The minimum Gasteiger partial charge on any atom is -0.342 e. The number of hydrogen-bond acceptors (Lipinski definition) is 4. The smallest absolute Gasteiger partial charge is 0.235 e. The highest BCUT2D eigenvalue weighted by Crippen LogP contribution is 2.29. The number of amides is 1. The van der Waals surface area contributed by atoms with Crippen LogP contribution in [0.2, 0.25) is 0 Å². The molecule has 2 aliphatic heterocycles. The van der Waals surface area contributed by atoms with Crippen LogP contribution in [0.4, 0.5) is 0 Å². The van der Waals surface area contributed by atoms with E-state index in [0.717, 1.165) is 69.8 Å². The molecule has 172 valence electrons. The van der Waals surface area contributed by atoms with Crippen LogP contribution in [0, 0.1) is 5.92 Å². The lowest BCUT2D eigenvalue weighted by Crippen LogP contribution is -2.48. The van der Waals surface area contributed by atoms with E-state index in [1.165, 1.54) is 0 Å². The lowest BCUT2D eigenvalue weighted by atomic mass is 9.96. The summed E-state index contributed by atoms with van der Waals surface area (Å²) in [6.45, 7) is 7.31. The van der Waals surface area contributed by atoms with Crippen molar-refractivity contribution in [2.45, 2.75) is 18.1 Å². The fourth-order valence-corrected chi connectivity index (χ4v) is 6.32. The van der Waals surface area contributed by atoms with Gasteiger partial charge in [-0.2, -0.15) is 0 Å². The van der Waals surface area contributed by atoms with Gasteiger partial charge in [0.15, 0.2) is 0 Å². The first-order chi connectivity index (χ1) is 15.6. The number of likely N-dealkylation sites (N-methyl/N-ethyl adjacent to an activating group) is 1. The summed E-state index contributed by atoms with van der Waals surface area (Å²) in [4.78, 5) is 19.9. The van der Waals surface area contributed by atoms with Gasteiger partial charge in [-0.05, 0) is 36.9 Å². The van der Waals surface area contributed by atoms with E-state index >= 15 is 0 Å². The highest BCUT2D eigenvalue weighted by atomic mass is 32.2. The number of carbonyl (C=O) groups is 1. The Balaban J connectivity index is 1.32. The van der Waals surface area contributed by atoms with Gasteiger partial charge in [0.1, 0.15) is 5.75 Å². The lowest BCUT2D eigenvalue weighted by Gasteiger charge is -2.38. The van der Waals surface area contributed by atoms with Crippen LogP contribution >= 0.6 is 0 Å². The third kappa shape index (κ3) is 6.06. The van der Waals surface area contributed by atoms with E-state index in [0.29, 0.717) is 5.92 Å². The third-order valence-corrected chi connectivity index (χ3v) is 8.41. The van der Waals surface area contributed by atoms with E-state index < -0.39 is 10.8 Å². The van der Waals surface area contributed by atoms with E-state index in [1.807, 2.05) is 65.6 Å². The minimum atomic E-state index is -1.31. The summed E-state index contributed by atoms with van der Waals surface area (Å²) in [7, 11) is 0.873. The standard InChI is InChI=1S/C26H35N3O2S/c1-27-16-18-28(19-17-27)20-22-12-14-29(15-13-22)25(30)21-32(31)26(23-8-4-2-5-9-23)24-10-6-3-7-11-24/h2-11,22,26H,12-21H2,1H3. The Morgan fingerprint density at radius 2 is 1.41 bits per heavy atom. The Hall–Kier alpha value is -2.02. The molecule has 0 bridgehead atoms. The molecule has 2 fully saturated rings. The molecular weight excluding hydrogens is 418 g/mol. The monoisotopic (exact) mass is 453 g/mol. The van der Waals surface area contributed by atoms with Gasteiger partial charge in [-0.25, -0.2) is 0 Å². The van der Waals surface area contributed by atoms with Crippen molar-refractivity contribution in [1.29, 1.82) is 0 Å². The summed E-state index contributed by atoms with van der Waals surface area (Å²) < 4.78 is 13.4. The molecule has 0 aromatic heterocycles. The van der Waals surface area contributed by atoms with Crippen molar-refractivity contribution in [2.24, 2.45) is 5.92 Å². The summed E-state index contributed by atoms with van der Waals surface area (Å²) in [6.07, 6.45) is 2.09. The lowest BCUT2D eigenvalue weighted by molar-refractivity contribution is -0.129. The zero-order valence-corrected chi connectivity index (χ0v) is 19.9. The van der Waals surface area contributed by atoms with Crippen LogP contribution in [0.3, 0.4) is 0 Å².